The molecule has 0 aromatic carbocycles. The van der Waals surface area contributed by atoms with Crippen LogP contribution in [0.2, 0.25) is 0 Å². The van der Waals surface area contributed by atoms with Gasteiger partial charge in [0, 0.05) is 0 Å². The van der Waals surface area contributed by atoms with E-state index in [1.54, 1.807) is 11.1 Å². The van der Waals surface area contributed by atoms with Crippen LogP contribution in [0.15, 0.2) is 130 Å². The van der Waals surface area contributed by atoms with Crippen molar-refractivity contribution in [3.8, 4) is 0 Å². The average molecular weight is 537 g/mol. The van der Waals surface area contributed by atoms with Crippen molar-refractivity contribution in [3.05, 3.63) is 130 Å². The van der Waals surface area contributed by atoms with Crippen LogP contribution in [0.4, 0.5) is 0 Å². The van der Waals surface area contributed by atoms with Crippen molar-refractivity contribution in [2.45, 2.75) is 108 Å². The van der Waals surface area contributed by atoms with Crippen molar-refractivity contribution in [3.63, 3.8) is 0 Å². The van der Waals surface area contributed by atoms with E-state index in [0.29, 0.717) is 10.8 Å². The molecular formula is C40H56. The van der Waals surface area contributed by atoms with Gasteiger partial charge >= 0.3 is 0 Å². The van der Waals surface area contributed by atoms with E-state index < -0.39 is 0 Å². The molecule has 0 bridgehead atoms. The van der Waals surface area contributed by atoms with Crippen LogP contribution in [0.1, 0.15) is 108 Å². The van der Waals surface area contributed by atoms with Gasteiger partial charge in [-0.2, -0.15) is 0 Å². The lowest BCUT2D eigenvalue weighted by Crippen LogP contribution is -2.19. The Kier molecular flexibility index (Phi) is 13.2. The predicted octanol–water partition coefficient (Wildman–Crippen LogP) is 12.6. The average Bonchev–Trinajstić information content (AvgIpc) is 2.85. The molecule has 0 aliphatic heterocycles. The van der Waals surface area contributed by atoms with Gasteiger partial charge in [0.05, 0.1) is 0 Å². The highest BCUT2D eigenvalue weighted by Gasteiger charge is 2.27. The fraction of sp³-hybridized carbons (Fsp3) is 0.450. The number of hydrogen-bond acceptors (Lipinski definition) is 0. The van der Waals surface area contributed by atoms with Crippen molar-refractivity contribution in [1.29, 1.82) is 0 Å². The minimum Gasteiger partial charge on any atom is -0.0696 e. The van der Waals surface area contributed by atoms with Gasteiger partial charge in [0.1, 0.15) is 0 Å². The molecule has 0 fully saturated rings. The van der Waals surface area contributed by atoms with Gasteiger partial charge in [-0.05, 0) is 102 Å². The van der Waals surface area contributed by atoms with Crippen molar-refractivity contribution >= 4 is 0 Å². The quantitative estimate of drug-likeness (QED) is 0.244. The molecule has 0 saturated heterocycles. The van der Waals surface area contributed by atoms with Gasteiger partial charge in [-0.1, -0.05) is 146 Å². The lowest BCUT2D eigenvalue weighted by atomic mass is 9.72. The van der Waals surface area contributed by atoms with E-state index >= 15 is 0 Å². The van der Waals surface area contributed by atoms with Crippen LogP contribution in [0, 0.1) is 10.8 Å². The molecule has 0 atom stereocenters. The molecule has 0 aromatic rings. The molecular weight excluding hydrogens is 480 g/mol. The number of allylic oxidation sites excluding steroid dienone is 22. The van der Waals surface area contributed by atoms with Gasteiger partial charge in [0.15, 0.2) is 0 Å². The number of rotatable bonds is 10. The van der Waals surface area contributed by atoms with E-state index in [1.807, 2.05) is 0 Å². The molecule has 216 valence electrons. The van der Waals surface area contributed by atoms with Gasteiger partial charge in [0.2, 0.25) is 0 Å². The van der Waals surface area contributed by atoms with E-state index in [-0.39, 0.29) is 0 Å². The summed E-state index contributed by atoms with van der Waals surface area (Å²) in [6.45, 7) is 22.7. The first-order valence-electron chi connectivity index (χ1n) is 15.3. The maximum absolute atomic E-state index is 2.37. The van der Waals surface area contributed by atoms with Gasteiger partial charge in [-0.25, -0.2) is 0 Å². The highest BCUT2D eigenvalue weighted by Crippen LogP contribution is 2.41. The van der Waals surface area contributed by atoms with E-state index in [0.717, 1.165) is 0 Å². The van der Waals surface area contributed by atoms with E-state index in [1.165, 1.54) is 72.0 Å². The van der Waals surface area contributed by atoms with Crippen LogP contribution in [0.5, 0.6) is 0 Å². The van der Waals surface area contributed by atoms with E-state index in [4.69, 9.17) is 0 Å². The largest absolute Gasteiger partial charge is 0.0696 e. The second kappa shape index (κ2) is 15.8. The Labute approximate surface area is 247 Å². The molecule has 0 radical (unpaired) electrons. The smallest absolute Gasteiger partial charge is 0.0104 e. The van der Waals surface area contributed by atoms with Crippen molar-refractivity contribution in [1.82, 2.24) is 0 Å². The summed E-state index contributed by atoms with van der Waals surface area (Å²) >= 11 is 0. The van der Waals surface area contributed by atoms with Crippen molar-refractivity contribution in [2.24, 2.45) is 10.8 Å². The molecule has 0 amide bonds. The van der Waals surface area contributed by atoms with Crippen molar-refractivity contribution in [2.75, 3.05) is 0 Å². The predicted molar refractivity (Wildman–Crippen MR) is 181 cm³/mol. The highest BCUT2D eigenvalue weighted by atomic mass is 14.3. The Morgan fingerprint density at radius 2 is 0.825 bits per heavy atom. The Bertz CT molecular complexity index is 1120. The molecule has 0 saturated carbocycles. The molecule has 2 aliphatic carbocycles. The maximum atomic E-state index is 2.37. The minimum atomic E-state index is 0.291. The zero-order chi connectivity index (χ0) is 29.8. The lowest BCUT2D eigenvalue weighted by Gasteiger charge is -2.33. The topological polar surface area (TPSA) is 0 Å². The zero-order valence-electron chi connectivity index (χ0n) is 27.3. The fourth-order valence-corrected chi connectivity index (χ4v) is 5.79. The van der Waals surface area contributed by atoms with Gasteiger partial charge in [-0.3, -0.25) is 0 Å². The second-order valence-corrected chi connectivity index (χ2v) is 13.3. The molecule has 0 spiro atoms. The SMILES string of the molecule is CC1=C(\C=C/C(C)=C/C=C/C(C)=C\C=C\C=C(C)\C=C\C=C(C)\C=C/C2=C(C)CCCC2(C)C)C(C)(C)CCC1. The van der Waals surface area contributed by atoms with E-state index in [9.17, 15) is 0 Å². The summed E-state index contributed by atoms with van der Waals surface area (Å²) in [7, 11) is 0. The summed E-state index contributed by atoms with van der Waals surface area (Å²) in [5.41, 5.74) is 11.7. The van der Waals surface area contributed by atoms with Crippen LogP contribution in [0.3, 0.4) is 0 Å². The fourth-order valence-electron chi connectivity index (χ4n) is 5.79. The monoisotopic (exact) mass is 536 g/mol. The Hall–Kier alpha value is -2.86. The summed E-state index contributed by atoms with van der Waals surface area (Å²) < 4.78 is 0. The van der Waals surface area contributed by atoms with Crippen LogP contribution < -0.4 is 0 Å². The van der Waals surface area contributed by atoms with Gasteiger partial charge in [0.25, 0.3) is 0 Å². The third kappa shape index (κ3) is 11.3. The first-order valence-corrected chi connectivity index (χ1v) is 15.3. The molecule has 0 aromatic heterocycles. The summed E-state index contributed by atoms with van der Waals surface area (Å²) in [6.07, 6.45) is 38.4. The molecule has 0 nitrogen and oxygen atoms in total. The van der Waals surface area contributed by atoms with Crippen LogP contribution in [0.25, 0.3) is 0 Å². The maximum Gasteiger partial charge on any atom is -0.0104 e. The lowest BCUT2D eigenvalue weighted by molar-refractivity contribution is 0.376. The summed E-state index contributed by atoms with van der Waals surface area (Å²) in [5.74, 6) is 0. The third-order valence-corrected chi connectivity index (χ3v) is 8.38. The standard InChI is InChI=1S/C40H56/c1-31(19-13-21-33(3)25-27-37-35(5)23-15-29-39(37,7)8)17-11-12-18-32(2)20-14-22-34(4)26-28-38-36(6)24-16-30-40(38,9)10/h11-14,17-22,25-28H,15-16,23-24,29-30H2,1-10H3/b12-11+,19-13+,20-14+,27-25-,28-26-,31-17-,32-18+,33-21+,34-22+. The summed E-state index contributed by atoms with van der Waals surface area (Å²) in [5, 5.41) is 0. The Morgan fingerprint density at radius 3 is 1.18 bits per heavy atom. The molecule has 0 heterocycles. The first kappa shape index (κ1) is 33.3. The summed E-state index contributed by atoms with van der Waals surface area (Å²) in [6, 6.07) is 0. The van der Waals surface area contributed by atoms with Gasteiger partial charge in [-0.15, -0.1) is 0 Å². The summed E-state index contributed by atoms with van der Waals surface area (Å²) in [4.78, 5) is 0. The van der Waals surface area contributed by atoms with Crippen LogP contribution >= 0.6 is 0 Å². The highest BCUT2D eigenvalue weighted by molar-refractivity contribution is 5.39. The molecule has 0 N–H and O–H groups in total. The third-order valence-electron chi connectivity index (χ3n) is 8.38. The molecule has 0 unspecified atom stereocenters. The van der Waals surface area contributed by atoms with Gasteiger partial charge < -0.3 is 0 Å². The van der Waals surface area contributed by atoms with Crippen LogP contribution in [-0.4, -0.2) is 0 Å². The minimum absolute atomic E-state index is 0.291. The molecule has 2 aliphatic rings. The van der Waals surface area contributed by atoms with Crippen LogP contribution in [-0.2, 0) is 0 Å². The van der Waals surface area contributed by atoms with E-state index in [2.05, 4.69) is 154 Å². The molecule has 40 heavy (non-hydrogen) atoms. The normalized spacial score (nSPS) is 21.9. The second-order valence-electron chi connectivity index (χ2n) is 13.3. The zero-order valence-corrected chi connectivity index (χ0v) is 27.3. The Morgan fingerprint density at radius 1 is 0.500 bits per heavy atom. The first-order chi connectivity index (χ1) is 18.8. The Balaban J connectivity index is 1.89. The number of hydrogen-bond donors (Lipinski definition) is 0. The molecule has 0 heteroatoms. The molecule has 2 rings (SSSR count). The van der Waals surface area contributed by atoms with Crippen molar-refractivity contribution < 1.29 is 0 Å².